The molecule has 0 aliphatic heterocycles. The molecule has 0 amide bonds. The molecule has 0 saturated carbocycles. The second-order valence-electron chi connectivity index (χ2n) is 7.23. The van der Waals surface area contributed by atoms with Crippen molar-refractivity contribution in [1.29, 1.82) is 5.26 Å². The molecule has 154 valence electrons. The minimum atomic E-state index is -3.80. The van der Waals surface area contributed by atoms with Gasteiger partial charge in [-0.15, -0.1) is 0 Å². The van der Waals surface area contributed by atoms with Crippen molar-refractivity contribution in [2.75, 3.05) is 13.4 Å². The van der Waals surface area contributed by atoms with Crippen LogP contribution in [0.5, 0.6) is 11.5 Å². The molecule has 0 atom stereocenters. The summed E-state index contributed by atoms with van der Waals surface area (Å²) in [4.78, 5) is 0. The molecule has 0 saturated heterocycles. The fraction of sp³-hybridized carbons (Fsp3) is 0.273. The predicted octanol–water partition coefficient (Wildman–Crippen LogP) is 3.87. The van der Waals surface area contributed by atoms with Gasteiger partial charge in [0.05, 0.1) is 31.6 Å². The van der Waals surface area contributed by atoms with Crippen LogP contribution in [0.15, 0.2) is 42.6 Å². The van der Waals surface area contributed by atoms with Gasteiger partial charge in [0.25, 0.3) is 0 Å². The standard InChI is InChI=1S/C22H21N3O4S/c1-28-17-9-7-15(8-10-17)14-25-22-19(12-23)21(29-30(2,26)27)11-18(20(22)13-24-25)16-5-3-4-6-16/h5,7-11,13H,3-4,6,14H2,1-2H3. The van der Waals surface area contributed by atoms with Gasteiger partial charge >= 0.3 is 10.1 Å². The highest BCUT2D eigenvalue weighted by Crippen LogP contribution is 2.38. The Labute approximate surface area is 175 Å². The summed E-state index contributed by atoms with van der Waals surface area (Å²) in [5.41, 5.74) is 3.68. The van der Waals surface area contributed by atoms with Crippen LogP contribution in [-0.2, 0) is 16.7 Å². The molecule has 0 bridgehead atoms. The van der Waals surface area contributed by atoms with Gasteiger partial charge in [0.2, 0.25) is 0 Å². The monoisotopic (exact) mass is 423 g/mol. The Hall–Kier alpha value is -3.31. The molecular weight excluding hydrogens is 402 g/mol. The Morgan fingerprint density at radius 3 is 2.63 bits per heavy atom. The summed E-state index contributed by atoms with van der Waals surface area (Å²) in [6.45, 7) is 0.420. The van der Waals surface area contributed by atoms with Crippen LogP contribution in [0.4, 0.5) is 0 Å². The Bertz CT molecular complexity index is 1280. The van der Waals surface area contributed by atoms with Crippen LogP contribution < -0.4 is 8.92 Å². The fourth-order valence-corrected chi connectivity index (χ4v) is 4.24. The number of benzene rings is 2. The summed E-state index contributed by atoms with van der Waals surface area (Å²) < 4.78 is 35.8. The topological polar surface area (TPSA) is 94.2 Å². The lowest BCUT2D eigenvalue weighted by Crippen LogP contribution is -2.09. The average molecular weight is 423 g/mol. The Morgan fingerprint density at radius 2 is 2.03 bits per heavy atom. The zero-order valence-electron chi connectivity index (χ0n) is 16.8. The highest BCUT2D eigenvalue weighted by Gasteiger charge is 2.23. The lowest BCUT2D eigenvalue weighted by atomic mass is 9.98. The van der Waals surface area contributed by atoms with Gasteiger partial charge in [0, 0.05) is 5.39 Å². The van der Waals surface area contributed by atoms with E-state index in [2.05, 4.69) is 17.2 Å². The van der Waals surface area contributed by atoms with Crippen molar-refractivity contribution in [3.8, 4) is 17.6 Å². The van der Waals surface area contributed by atoms with Crippen molar-refractivity contribution in [2.24, 2.45) is 0 Å². The lowest BCUT2D eigenvalue weighted by Gasteiger charge is -2.13. The van der Waals surface area contributed by atoms with Crippen molar-refractivity contribution >= 4 is 26.6 Å². The van der Waals surface area contributed by atoms with E-state index < -0.39 is 10.1 Å². The van der Waals surface area contributed by atoms with Crippen LogP contribution in [0.3, 0.4) is 0 Å². The van der Waals surface area contributed by atoms with E-state index >= 15 is 0 Å². The first kappa shape index (κ1) is 20.0. The third-order valence-corrected chi connectivity index (χ3v) is 5.60. The molecule has 2 aromatic carbocycles. The zero-order valence-corrected chi connectivity index (χ0v) is 17.6. The highest BCUT2D eigenvalue weighted by molar-refractivity contribution is 7.86. The molecule has 4 rings (SSSR count). The van der Waals surface area contributed by atoms with E-state index in [1.54, 1.807) is 24.1 Å². The van der Waals surface area contributed by atoms with Gasteiger partial charge in [-0.25, -0.2) is 0 Å². The van der Waals surface area contributed by atoms with Crippen molar-refractivity contribution < 1.29 is 17.3 Å². The lowest BCUT2D eigenvalue weighted by molar-refractivity contribution is 0.414. The van der Waals surface area contributed by atoms with E-state index in [1.807, 2.05) is 24.3 Å². The van der Waals surface area contributed by atoms with Gasteiger partial charge in [-0.3, -0.25) is 4.68 Å². The molecular formula is C22H21N3O4S. The molecule has 30 heavy (non-hydrogen) atoms. The number of nitriles is 1. The third kappa shape index (κ3) is 3.89. The maximum absolute atomic E-state index is 11.8. The molecule has 8 heteroatoms. The van der Waals surface area contributed by atoms with Crippen molar-refractivity contribution in [1.82, 2.24) is 9.78 Å². The van der Waals surface area contributed by atoms with Crippen LogP contribution in [0.1, 0.15) is 36.0 Å². The van der Waals surface area contributed by atoms with Crippen LogP contribution in [0.2, 0.25) is 0 Å². The van der Waals surface area contributed by atoms with Crippen molar-refractivity contribution in [3.05, 3.63) is 59.3 Å². The summed E-state index contributed by atoms with van der Waals surface area (Å²) >= 11 is 0. The van der Waals surface area contributed by atoms with Crippen molar-refractivity contribution in [2.45, 2.75) is 25.8 Å². The largest absolute Gasteiger partial charge is 0.497 e. The predicted molar refractivity (Wildman–Crippen MR) is 114 cm³/mol. The SMILES string of the molecule is COc1ccc(Cn2ncc3c(C4=CCCC4)cc(OS(C)(=O)=O)c(C#N)c32)cc1. The van der Waals surface area contributed by atoms with Crippen LogP contribution >= 0.6 is 0 Å². The Kier molecular flexibility index (Phi) is 5.22. The number of rotatable bonds is 6. The van der Waals surface area contributed by atoms with Gasteiger partial charge in [0.15, 0.2) is 5.75 Å². The molecule has 0 fully saturated rings. The van der Waals surface area contributed by atoms with Gasteiger partial charge in [-0.1, -0.05) is 18.2 Å². The van der Waals surface area contributed by atoms with Crippen LogP contribution in [-0.4, -0.2) is 31.6 Å². The summed E-state index contributed by atoms with van der Waals surface area (Å²) in [6, 6.07) is 11.3. The average Bonchev–Trinajstić information content (AvgIpc) is 3.38. The fourth-order valence-electron chi connectivity index (χ4n) is 3.79. The number of allylic oxidation sites excluding steroid dienone is 2. The summed E-state index contributed by atoms with van der Waals surface area (Å²) in [5.74, 6) is 0.785. The minimum Gasteiger partial charge on any atom is -0.497 e. The minimum absolute atomic E-state index is 0.0341. The van der Waals surface area contributed by atoms with E-state index in [9.17, 15) is 13.7 Å². The Balaban J connectivity index is 1.90. The first-order valence-corrected chi connectivity index (χ1v) is 11.4. The smallest absolute Gasteiger partial charge is 0.306 e. The molecule has 0 radical (unpaired) electrons. The van der Waals surface area contributed by atoms with E-state index in [-0.39, 0.29) is 11.3 Å². The summed E-state index contributed by atoms with van der Waals surface area (Å²) in [5, 5.41) is 15.2. The van der Waals surface area contributed by atoms with Crippen LogP contribution in [0, 0.1) is 11.3 Å². The van der Waals surface area contributed by atoms with Gasteiger partial charge in [-0.05, 0) is 54.2 Å². The maximum Gasteiger partial charge on any atom is 0.306 e. The van der Waals surface area contributed by atoms with E-state index in [4.69, 9.17) is 8.92 Å². The zero-order chi connectivity index (χ0) is 21.3. The summed E-state index contributed by atoms with van der Waals surface area (Å²) in [6.07, 6.45) is 7.76. The van der Waals surface area contributed by atoms with Gasteiger partial charge in [-0.2, -0.15) is 18.8 Å². The van der Waals surface area contributed by atoms with Crippen molar-refractivity contribution in [3.63, 3.8) is 0 Å². The molecule has 1 aliphatic carbocycles. The number of ether oxygens (including phenoxy) is 1. The number of nitrogens with zero attached hydrogens (tertiary/aromatic N) is 3. The van der Waals surface area contributed by atoms with Gasteiger partial charge < -0.3 is 8.92 Å². The Morgan fingerprint density at radius 1 is 1.27 bits per heavy atom. The molecule has 1 heterocycles. The molecule has 1 aromatic heterocycles. The molecule has 0 spiro atoms. The normalized spacial score (nSPS) is 13.8. The van der Waals surface area contributed by atoms with E-state index in [0.717, 1.165) is 53.4 Å². The maximum atomic E-state index is 11.8. The molecule has 7 nitrogen and oxygen atoms in total. The van der Waals surface area contributed by atoms with Crippen LogP contribution in [0.25, 0.3) is 16.5 Å². The van der Waals surface area contributed by atoms with E-state index in [0.29, 0.717) is 12.1 Å². The second-order valence-corrected chi connectivity index (χ2v) is 8.81. The summed E-state index contributed by atoms with van der Waals surface area (Å²) in [7, 11) is -2.19. The number of fused-ring (bicyclic) bond motifs is 1. The number of hydrogen-bond donors (Lipinski definition) is 0. The molecule has 3 aromatic rings. The van der Waals surface area contributed by atoms with E-state index in [1.165, 1.54) is 0 Å². The molecule has 1 aliphatic rings. The molecule has 0 unspecified atom stereocenters. The number of methoxy groups -OCH3 is 1. The first-order chi connectivity index (χ1) is 14.4. The third-order valence-electron chi connectivity index (χ3n) is 5.12. The second kappa shape index (κ2) is 7.84. The number of aromatic nitrogens is 2. The molecule has 0 N–H and O–H groups in total. The van der Waals surface area contributed by atoms with Gasteiger partial charge in [0.1, 0.15) is 17.4 Å². The highest BCUT2D eigenvalue weighted by atomic mass is 32.2. The number of hydrogen-bond acceptors (Lipinski definition) is 6. The first-order valence-electron chi connectivity index (χ1n) is 9.54. The quantitative estimate of drug-likeness (QED) is 0.559.